The number of nitrogens with one attached hydrogen (secondary N) is 1. The molecule has 2 atom stereocenters. The van der Waals surface area contributed by atoms with Crippen LogP contribution in [0.25, 0.3) is 0 Å². The fraction of sp³-hybridized carbons (Fsp3) is 0.800. The van der Waals surface area contributed by atoms with Gasteiger partial charge in [-0.2, -0.15) is 0 Å². The van der Waals surface area contributed by atoms with E-state index in [1.807, 2.05) is 0 Å². The quantitative estimate of drug-likeness (QED) is 0.709. The van der Waals surface area contributed by atoms with Crippen molar-refractivity contribution in [1.82, 2.24) is 5.32 Å². The molecule has 0 spiro atoms. The Balaban J connectivity index is 0. The van der Waals surface area contributed by atoms with Gasteiger partial charge in [0.15, 0.2) is 0 Å². The highest BCUT2D eigenvalue weighted by Crippen LogP contribution is 2.07. The maximum atomic E-state index is 11.3. The van der Waals surface area contributed by atoms with Gasteiger partial charge in [-0.15, -0.1) is 12.4 Å². The molecule has 0 bridgehead atoms. The number of hydrogen-bond donors (Lipinski definition) is 3. The molecule has 7 heteroatoms. The summed E-state index contributed by atoms with van der Waals surface area (Å²) < 4.78 is 5.01. The number of hydrogen-bond acceptors (Lipinski definition) is 4. The van der Waals surface area contributed by atoms with E-state index in [1.54, 1.807) is 27.7 Å². The fourth-order valence-corrected chi connectivity index (χ4v) is 1.05. The Hall–Kier alpha value is -1.01. The maximum Gasteiger partial charge on any atom is 0.407 e. The highest BCUT2D eigenvalue weighted by molar-refractivity contribution is 5.85. The predicted molar refractivity (Wildman–Crippen MR) is 66.3 cm³/mol. The molecule has 0 aromatic rings. The summed E-state index contributed by atoms with van der Waals surface area (Å²) in [6, 6.07) is -1.33. The Morgan fingerprint density at radius 2 is 1.88 bits per heavy atom. The van der Waals surface area contributed by atoms with Crippen LogP contribution >= 0.6 is 12.4 Å². The largest absolute Gasteiger partial charge is 0.480 e. The van der Waals surface area contributed by atoms with Crippen LogP contribution in [0.3, 0.4) is 0 Å². The van der Waals surface area contributed by atoms with Crippen molar-refractivity contribution in [3.05, 3.63) is 0 Å². The van der Waals surface area contributed by atoms with Gasteiger partial charge in [0.2, 0.25) is 0 Å². The molecule has 102 valence electrons. The van der Waals surface area contributed by atoms with Crippen molar-refractivity contribution in [3.8, 4) is 0 Å². The third-order valence-electron chi connectivity index (χ3n) is 1.69. The summed E-state index contributed by atoms with van der Waals surface area (Å²) >= 11 is 0. The Morgan fingerprint density at radius 3 is 2.24 bits per heavy atom. The van der Waals surface area contributed by atoms with Crippen LogP contribution in [0, 0.1) is 0 Å². The molecule has 1 unspecified atom stereocenters. The number of aliphatic carboxylic acids is 1. The second-order valence-electron chi connectivity index (χ2n) is 4.73. The Bertz CT molecular complexity index is 266. The molecule has 6 nitrogen and oxygen atoms in total. The van der Waals surface area contributed by atoms with Gasteiger partial charge >= 0.3 is 12.1 Å². The van der Waals surface area contributed by atoms with Crippen LogP contribution in [-0.4, -0.2) is 34.9 Å². The number of carbonyl (C=O) groups is 2. The van der Waals surface area contributed by atoms with Gasteiger partial charge in [0.1, 0.15) is 11.6 Å². The molecule has 1 amide bonds. The van der Waals surface area contributed by atoms with Crippen LogP contribution in [0.4, 0.5) is 4.79 Å². The summed E-state index contributed by atoms with van der Waals surface area (Å²) in [4.78, 5) is 21.8. The maximum absolute atomic E-state index is 11.3. The SMILES string of the molecule is CC(C[C@H](N)C(=O)O)NC(=O)OC(C)(C)C.Cl. The van der Waals surface area contributed by atoms with Crippen molar-refractivity contribution >= 4 is 24.5 Å². The summed E-state index contributed by atoms with van der Waals surface area (Å²) in [5.41, 5.74) is 4.76. The monoisotopic (exact) mass is 268 g/mol. The summed E-state index contributed by atoms with van der Waals surface area (Å²) in [5.74, 6) is -1.09. The molecule has 0 radical (unpaired) electrons. The number of halogens is 1. The minimum Gasteiger partial charge on any atom is -0.480 e. The molecule has 0 aliphatic heterocycles. The lowest BCUT2D eigenvalue weighted by Gasteiger charge is -2.22. The van der Waals surface area contributed by atoms with Crippen molar-refractivity contribution in [2.75, 3.05) is 0 Å². The third-order valence-corrected chi connectivity index (χ3v) is 1.69. The van der Waals surface area contributed by atoms with Crippen LogP contribution in [0.5, 0.6) is 0 Å². The zero-order valence-corrected chi connectivity index (χ0v) is 11.3. The molecule has 0 aromatic carbocycles. The minimum atomic E-state index is -1.09. The lowest BCUT2D eigenvalue weighted by molar-refractivity contribution is -0.138. The highest BCUT2D eigenvalue weighted by atomic mass is 35.5. The minimum absolute atomic E-state index is 0. The first kappa shape index (κ1) is 18.4. The number of carboxylic acids is 1. The molecule has 0 rings (SSSR count). The van der Waals surface area contributed by atoms with Crippen LogP contribution in [-0.2, 0) is 9.53 Å². The van der Waals surface area contributed by atoms with Gasteiger partial charge < -0.3 is 20.9 Å². The van der Waals surface area contributed by atoms with Gasteiger partial charge in [0.05, 0.1) is 0 Å². The Kier molecular flexibility index (Phi) is 7.93. The van der Waals surface area contributed by atoms with Crippen LogP contribution in [0.15, 0.2) is 0 Å². The lowest BCUT2D eigenvalue weighted by Crippen LogP contribution is -2.42. The Labute approximate surface area is 107 Å². The van der Waals surface area contributed by atoms with Crippen LogP contribution < -0.4 is 11.1 Å². The topological polar surface area (TPSA) is 102 Å². The van der Waals surface area contributed by atoms with E-state index in [2.05, 4.69) is 5.32 Å². The Morgan fingerprint density at radius 1 is 1.41 bits per heavy atom. The number of rotatable bonds is 4. The molecule has 0 aliphatic rings. The van der Waals surface area contributed by atoms with Gasteiger partial charge in [-0.25, -0.2) is 4.79 Å². The van der Waals surface area contributed by atoms with Crippen molar-refractivity contribution in [1.29, 1.82) is 0 Å². The van der Waals surface area contributed by atoms with Crippen LogP contribution in [0.1, 0.15) is 34.1 Å². The number of ether oxygens (including phenoxy) is 1. The van der Waals surface area contributed by atoms with Gasteiger partial charge in [-0.1, -0.05) is 0 Å². The third kappa shape index (κ3) is 9.89. The predicted octanol–water partition coefficient (Wildman–Crippen LogP) is 1.12. The van der Waals surface area contributed by atoms with Crippen molar-refractivity contribution in [3.63, 3.8) is 0 Å². The molecule has 0 saturated carbocycles. The smallest absolute Gasteiger partial charge is 0.407 e. The number of carboxylic acid groups (broad SMARTS) is 1. The standard InChI is InChI=1S/C10H20N2O4.ClH/c1-6(5-7(11)8(13)14)12-9(15)16-10(2,3)4;/h6-7H,5,11H2,1-4H3,(H,12,15)(H,13,14);1H/t6?,7-;/m0./s1. The summed E-state index contributed by atoms with van der Waals surface area (Å²) in [7, 11) is 0. The molecule has 0 aromatic heterocycles. The van der Waals surface area contributed by atoms with Crippen LogP contribution in [0.2, 0.25) is 0 Å². The van der Waals surface area contributed by atoms with E-state index in [0.717, 1.165) is 0 Å². The molecule has 0 saturated heterocycles. The zero-order chi connectivity index (χ0) is 12.9. The molecule has 17 heavy (non-hydrogen) atoms. The van der Waals surface area contributed by atoms with Gasteiger partial charge in [0, 0.05) is 6.04 Å². The van der Waals surface area contributed by atoms with E-state index in [0.29, 0.717) is 0 Å². The van der Waals surface area contributed by atoms with Gasteiger partial charge in [-0.3, -0.25) is 4.79 Å². The number of alkyl carbamates (subject to hydrolysis) is 1. The second kappa shape index (κ2) is 7.34. The van der Waals surface area contributed by atoms with Crippen molar-refractivity contribution in [2.45, 2.75) is 51.8 Å². The summed E-state index contributed by atoms with van der Waals surface area (Å²) in [6.45, 7) is 6.92. The second-order valence-corrected chi connectivity index (χ2v) is 4.73. The van der Waals surface area contributed by atoms with Crippen molar-refractivity contribution in [2.24, 2.45) is 5.73 Å². The van der Waals surface area contributed by atoms with Gasteiger partial charge in [-0.05, 0) is 34.1 Å². The number of carbonyl (C=O) groups excluding carboxylic acids is 1. The van der Waals surface area contributed by atoms with E-state index in [9.17, 15) is 9.59 Å². The lowest BCUT2D eigenvalue weighted by atomic mass is 10.1. The average molecular weight is 269 g/mol. The average Bonchev–Trinajstić information content (AvgIpc) is 1.98. The van der Waals surface area contributed by atoms with E-state index < -0.39 is 23.7 Å². The fourth-order valence-electron chi connectivity index (χ4n) is 1.05. The summed E-state index contributed by atoms with van der Waals surface area (Å²) in [5, 5.41) is 11.1. The first-order valence-corrected chi connectivity index (χ1v) is 5.09. The molecular weight excluding hydrogens is 248 g/mol. The van der Waals surface area contributed by atoms with Crippen molar-refractivity contribution < 1.29 is 19.4 Å². The van der Waals surface area contributed by atoms with Gasteiger partial charge in [0.25, 0.3) is 0 Å². The molecule has 0 aliphatic carbocycles. The first-order chi connectivity index (χ1) is 7.11. The van der Waals surface area contributed by atoms with E-state index >= 15 is 0 Å². The van der Waals surface area contributed by atoms with E-state index in [4.69, 9.17) is 15.6 Å². The first-order valence-electron chi connectivity index (χ1n) is 5.09. The number of nitrogens with two attached hydrogens (primary N) is 1. The zero-order valence-electron chi connectivity index (χ0n) is 10.5. The molecule has 4 N–H and O–H groups in total. The molecular formula is C10H21ClN2O4. The number of amides is 1. The highest BCUT2D eigenvalue weighted by Gasteiger charge is 2.20. The summed E-state index contributed by atoms with van der Waals surface area (Å²) in [6.07, 6.45) is -0.410. The molecule has 0 fully saturated rings. The molecule has 0 heterocycles. The van der Waals surface area contributed by atoms with E-state index in [-0.39, 0.29) is 24.9 Å². The van der Waals surface area contributed by atoms with E-state index in [1.165, 1.54) is 0 Å². The normalized spacial score (nSPS) is 14.2.